The molecule has 20 heavy (non-hydrogen) atoms. The van der Waals surface area contributed by atoms with Gasteiger partial charge in [-0.3, -0.25) is 0 Å². The zero-order valence-corrected chi connectivity index (χ0v) is 13.4. The Hall–Kier alpha value is -0.630. The molecular weight excluding hydrogens is 301 g/mol. The average Bonchev–Trinajstić information content (AvgIpc) is 2.38. The molecule has 0 aliphatic carbocycles. The Morgan fingerprint density at radius 3 is 2.65 bits per heavy atom. The van der Waals surface area contributed by atoms with Crippen LogP contribution in [0.15, 0.2) is 17.0 Å². The van der Waals surface area contributed by atoms with Gasteiger partial charge in [-0.15, -0.1) is 0 Å². The first-order valence-corrected chi connectivity index (χ1v) is 8.95. The van der Waals surface area contributed by atoms with E-state index in [2.05, 4.69) is 4.72 Å². The predicted molar refractivity (Wildman–Crippen MR) is 79.8 cm³/mol. The minimum atomic E-state index is -3.79. The molecule has 0 amide bonds. The summed E-state index contributed by atoms with van der Waals surface area (Å²) in [5.74, 6) is 0.920. The van der Waals surface area contributed by atoms with Crippen molar-refractivity contribution in [2.24, 2.45) is 0 Å². The maximum Gasteiger partial charge on any atom is 0.241 e. The highest BCUT2D eigenvalue weighted by Crippen LogP contribution is 2.21. The van der Waals surface area contributed by atoms with Gasteiger partial charge in [0, 0.05) is 17.4 Å². The Kier molecular flexibility index (Phi) is 6.44. The van der Waals surface area contributed by atoms with E-state index in [4.69, 9.17) is 5.11 Å². The highest BCUT2D eigenvalue weighted by atomic mass is 32.2. The lowest BCUT2D eigenvalue weighted by Gasteiger charge is -2.16. The van der Waals surface area contributed by atoms with Gasteiger partial charge < -0.3 is 5.11 Å². The molecule has 1 aromatic rings. The number of hydrogen-bond donors (Lipinski definition) is 2. The third-order valence-corrected chi connectivity index (χ3v) is 5.62. The van der Waals surface area contributed by atoms with E-state index >= 15 is 0 Å². The molecule has 0 heterocycles. The molecule has 1 unspecified atom stereocenters. The van der Waals surface area contributed by atoms with Crippen LogP contribution in [0, 0.1) is 12.7 Å². The molecule has 1 aromatic carbocycles. The number of thioether (sulfide) groups is 1. The van der Waals surface area contributed by atoms with E-state index in [-0.39, 0.29) is 22.1 Å². The normalized spacial score (nSPS) is 13.4. The summed E-state index contributed by atoms with van der Waals surface area (Å²) in [5.41, 5.74) is 0.300. The van der Waals surface area contributed by atoms with Crippen LogP contribution in [0.25, 0.3) is 0 Å². The second-order valence-corrected chi connectivity index (χ2v) is 7.54. The van der Waals surface area contributed by atoms with Crippen molar-refractivity contribution in [3.05, 3.63) is 29.1 Å². The summed E-state index contributed by atoms with van der Waals surface area (Å²) in [5, 5.41) is 9.06. The van der Waals surface area contributed by atoms with Crippen LogP contribution in [-0.2, 0) is 16.6 Å². The number of halogens is 1. The van der Waals surface area contributed by atoms with Crippen molar-refractivity contribution in [2.45, 2.75) is 38.3 Å². The third-order valence-electron chi connectivity index (χ3n) is 2.76. The standard InChI is InChI=1S/C13H20FNO3S2/c1-4-19-8-9(2)15-20(17,18)13-6-11(7-16)5-12(14)10(13)3/h5-6,9,15-16H,4,7-8H2,1-3H3. The van der Waals surface area contributed by atoms with Gasteiger partial charge in [-0.2, -0.15) is 11.8 Å². The molecule has 0 aromatic heterocycles. The number of hydrogen-bond acceptors (Lipinski definition) is 4. The molecule has 0 saturated carbocycles. The van der Waals surface area contributed by atoms with E-state index in [0.717, 1.165) is 11.8 Å². The quantitative estimate of drug-likeness (QED) is 0.806. The maximum absolute atomic E-state index is 13.7. The number of aliphatic hydroxyl groups is 1. The first kappa shape index (κ1) is 17.4. The minimum absolute atomic E-state index is 0.0602. The zero-order valence-electron chi connectivity index (χ0n) is 11.8. The van der Waals surface area contributed by atoms with Crippen LogP contribution in [-0.4, -0.2) is 31.1 Å². The molecule has 0 fully saturated rings. The number of aliphatic hydroxyl groups excluding tert-OH is 1. The Bertz CT molecular complexity index is 561. The Balaban J connectivity index is 3.06. The lowest BCUT2D eigenvalue weighted by molar-refractivity contribution is 0.281. The van der Waals surface area contributed by atoms with Crippen LogP contribution in [0.2, 0.25) is 0 Å². The Morgan fingerprint density at radius 2 is 2.10 bits per heavy atom. The van der Waals surface area contributed by atoms with Crippen molar-refractivity contribution in [3.63, 3.8) is 0 Å². The van der Waals surface area contributed by atoms with Gasteiger partial charge >= 0.3 is 0 Å². The highest BCUT2D eigenvalue weighted by molar-refractivity contribution is 7.99. The van der Waals surface area contributed by atoms with E-state index in [1.807, 2.05) is 6.92 Å². The van der Waals surface area contributed by atoms with Gasteiger partial charge in [-0.1, -0.05) is 6.92 Å². The van der Waals surface area contributed by atoms with E-state index in [0.29, 0.717) is 5.75 Å². The van der Waals surface area contributed by atoms with Gasteiger partial charge in [0.05, 0.1) is 11.5 Å². The van der Waals surface area contributed by atoms with Crippen LogP contribution in [0.4, 0.5) is 4.39 Å². The van der Waals surface area contributed by atoms with Crippen LogP contribution in [0.5, 0.6) is 0 Å². The number of nitrogens with one attached hydrogen (secondary N) is 1. The fourth-order valence-corrected chi connectivity index (χ4v) is 4.06. The van der Waals surface area contributed by atoms with Crippen molar-refractivity contribution in [2.75, 3.05) is 11.5 Å². The lowest BCUT2D eigenvalue weighted by Crippen LogP contribution is -2.34. The van der Waals surface area contributed by atoms with Gasteiger partial charge in [0.25, 0.3) is 0 Å². The molecule has 2 N–H and O–H groups in total. The Labute approximate surface area is 123 Å². The fraction of sp³-hybridized carbons (Fsp3) is 0.538. The number of sulfonamides is 1. The molecule has 0 bridgehead atoms. The molecule has 0 spiro atoms. The first-order chi connectivity index (χ1) is 9.31. The smallest absolute Gasteiger partial charge is 0.241 e. The molecule has 0 radical (unpaired) electrons. The topological polar surface area (TPSA) is 66.4 Å². The van der Waals surface area contributed by atoms with Gasteiger partial charge in [0.15, 0.2) is 0 Å². The second-order valence-electron chi connectivity index (χ2n) is 4.54. The van der Waals surface area contributed by atoms with Crippen molar-refractivity contribution >= 4 is 21.8 Å². The summed E-state index contributed by atoms with van der Waals surface area (Å²) < 4.78 is 40.8. The van der Waals surface area contributed by atoms with Gasteiger partial charge in [0.2, 0.25) is 10.0 Å². The third kappa shape index (κ3) is 4.44. The van der Waals surface area contributed by atoms with E-state index < -0.39 is 22.4 Å². The van der Waals surface area contributed by atoms with Gasteiger partial charge in [-0.05, 0) is 37.3 Å². The predicted octanol–water partition coefficient (Wildman–Crippen LogP) is 2.05. The summed E-state index contributed by atoms with van der Waals surface area (Å²) in [7, 11) is -3.79. The summed E-state index contributed by atoms with van der Waals surface area (Å²) in [6.07, 6.45) is 0. The summed E-state index contributed by atoms with van der Waals surface area (Å²) in [6.45, 7) is 4.77. The van der Waals surface area contributed by atoms with E-state index in [9.17, 15) is 12.8 Å². The molecule has 4 nitrogen and oxygen atoms in total. The zero-order chi connectivity index (χ0) is 15.3. The van der Waals surface area contributed by atoms with Crippen LogP contribution in [0.1, 0.15) is 25.0 Å². The fourth-order valence-electron chi connectivity index (χ4n) is 1.73. The Morgan fingerprint density at radius 1 is 1.45 bits per heavy atom. The first-order valence-electron chi connectivity index (χ1n) is 6.31. The number of benzene rings is 1. The maximum atomic E-state index is 13.7. The van der Waals surface area contributed by atoms with Gasteiger partial charge in [-0.25, -0.2) is 17.5 Å². The second kappa shape index (κ2) is 7.40. The number of rotatable bonds is 7. The molecule has 114 valence electrons. The molecule has 1 atom stereocenters. The highest BCUT2D eigenvalue weighted by Gasteiger charge is 2.22. The van der Waals surface area contributed by atoms with Gasteiger partial charge in [0.1, 0.15) is 5.82 Å². The monoisotopic (exact) mass is 321 g/mol. The summed E-state index contributed by atoms with van der Waals surface area (Å²) in [4.78, 5) is -0.116. The SMILES string of the molecule is CCSCC(C)NS(=O)(=O)c1cc(CO)cc(F)c1C. The van der Waals surface area contributed by atoms with E-state index in [1.54, 1.807) is 18.7 Å². The van der Waals surface area contributed by atoms with Crippen LogP contribution in [0.3, 0.4) is 0 Å². The largest absolute Gasteiger partial charge is 0.392 e. The lowest BCUT2D eigenvalue weighted by atomic mass is 10.1. The van der Waals surface area contributed by atoms with Crippen LogP contribution < -0.4 is 4.72 Å². The van der Waals surface area contributed by atoms with Crippen molar-refractivity contribution in [1.29, 1.82) is 0 Å². The molecule has 0 aliphatic heterocycles. The summed E-state index contributed by atoms with van der Waals surface area (Å²) >= 11 is 1.63. The molecule has 1 rings (SSSR count). The average molecular weight is 321 g/mol. The van der Waals surface area contributed by atoms with Crippen molar-refractivity contribution < 1.29 is 17.9 Å². The van der Waals surface area contributed by atoms with Crippen molar-refractivity contribution in [1.82, 2.24) is 4.72 Å². The van der Waals surface area contributed by atoms with Crippen molar-refractivity contribution in [3.8, 4) is 0 Å². The molecular formula is C13H20FNO3S2. The minimum Gasteiger partial charge on any atom is -0.392 e. The van der Waals surface area contributed by atoms with Crippen LogP contribution >= 0.6 is 11.8 Å². The molecule has 0 saturated heterocycles. The molecule has 0 aliphatic rings. The summed E-state index contributed by atoms with van der Waals surface area (Å²) in [6, 6.07) is 2.20. The molecule has 7 heteroatoms. The van der Waals surface area contributed by atoms with E-state index in [1.165, 1.54) is 13.0 Å².